The maximum absolute atomic E-state index is 11.3. The van der Waals surface area contributed by atoms with E-state index < -0.39 is 17.4 Å². The summed E-state index contributed by atoms with van der Waals surface area (Å²) in [5.41, 5.74) is 10.2. The number of hydrogen-bond acceptors (Lipinski definition) is 4. The van der Waals surface area contributed by atoms with E-state index in [-0.39, 0.29) is 11.6 Å². The maximum atomic E-state index is 11.3. The van der Waals surface area contributed by atoms with Crippen LogP contribution in [-0.4, -0.2) is 17.4 Å². The van der Waals surface area contributed by atoms with Crippen molar-refractivity contribution in [2.75, 3.05) is 0 Å². The molecule has 2 amide bonds. The summed E-state index contributed by atoms with van der Waals surface area (Å²) >= 11 is 0. The number of carbonyl (C=O) groups excluding carboxylic acids is 2. The summed E-state index contributed by atoms with van der Waals surface area (Å²) < 4.78 is 0. The van der Waals surface area contributed by atoms with Gasteiger partial charge in [0.1, 0.15) is 0 Å². The molecule has 5 nitrogen and oxygen atoms in total. The van der Waals surface area contributed by atoms with Gasteiger partial charge in [-0.3, -0.25) is 14.9 Å². The van der Waals surface area contributed by atoms with E-state index in [1.165, 1.54) is 6.08 Å². The largest absolute Gasteiger partial charge is 0.400 e. The first-order valence-electron chi connectivity index (χ1n) is 3.85. The van der Waals surface area contributed by atoms with Gasteiger partial charge in [-0.25, -0.2) is 0 Å². The van der Waals surface area contributed by atoms with Crippen molar-refractivity contribution in [2.24, 2.45) is 17.4 Å². The van der Waals surface area contributed by atoms with Crippen LogP contribution in [0.25, 0.3) is 0 Å². The number of carbonyl (C=O) groups is 2. The van der Waals surface area contributed by atoms with Crippen LogP contribution >= 0.6 is 0 Å². The molecule has 0 spiro atoms. The van der Waals surface area contributed by atoms with Gasteiger partial charge in [-0.2, -0.15) is 0 Å². The van der Waals surface area contributed by atoms with E-state index in [4.69, 9.17) is 11.5 Å². The van der Waals surface area contributed by atoms with E-state index in [1.54, 1.807) is 12.2 Å². The molecule has 0 aromatic rings. The third kappa shape index (κ3) is 0.790. The van der Waals surface area contributed by atoms with Crippen LogP contribution in [0.2, 0.25) is 0 Å². The predicted molar refractivity (Wildman–Crippen MR) is 45.0 cm³/mol. The smallest absolute Gasteiger partial charge is 0.253 e. The van der Waals surface area contributed by atoms with Gasteiger partial charge in [-0.05, 0) is 6.08 Å². The number of imide groups is 1. The second kappa shape index (κ2) is 2.20. The Morgan fingerprint density at radius 2 is 2.15 bits per heavy atom. The monoisotopic (exact) mass is 179 g/mol. The van der Waals surface area contributed by atoms with Gasteiger partial charge in [-0.15, -0.1) is 0 Å². The van der Waals surface area contributed by atoms with Crippen LogP contribution in [0.4, 0.5) is 0 Å². The van der Waals surface area contributed by atoms with Gasteiger partial charge in [0.25, 0.3) is 5.91 Å². The molecule has 1 aliphatic carbocycles. The molecule has 1 fully saturated rings. The number of nitrogens with one attached hydrogen (secondary N) is 1. The standard InChI is InChI=1S/C8H9N3O2/c9-5-3-1-2-4-6(12)11-7(13)8(4,5)10/h1-4H,9-10H2,(H,11,12,13). The molecule has 2 aliphatic rings. The van der Waals surface area contributed by atoms with Gasteiger partial charge in [0.2, 0.25) is 5.91 Å². The quantitative estimate of drug-likeness (QED) is 0.389. The molecule has 0 bridgehead atoms. The Labute approximate surface area is 74.5 Å². The fourth-order valence-electron chi connectivity index (χ4n) is 1.60. The minimum Gasteiger partial charge on any atom is -0.400 e. The first kappa shape index (κ1) is 8.00. The lowest BCUT2D eigenvalue weighted by Gasteiger charge is -2.27. The van der Waals surface area contributed by atoms with Crippen LogP contribution < -0.4 is 16.8 Å². The lowest BCUT2D eigenvalue weighted by atomic mass is 9.81. The van der Waals surface area contributed by atoms with Gasteiger partial charge in [0.05, 0.1) is 5.92 Å². The summed E-state index contributed by atoms with van der Waals surface area (Å²) in [5, 5.41) is 2.15. The molecule has 2 rings (SSSR count). The van der Waals surface area contributed by atoms with Crippen LogP contribution in [0.3, 0.4) is 0 Å². The normalized spacial score (nSPS) is 37.0. The molecule has 2 unspecified atom stereocenters. The van der Waals surface area contributed by atoms with Gasteiger partial charge in [-0.1, -0.05) is 12.2 Å². The Morgan fingerprint density at radius 1 is 1.46 bits per heavy atom. The maximum Gasteiger partial charge on any atom is 0.253 e. The van der Waals surface area contributed by atoms with E-state index in [9.17, 15) is 9.59 Å². The zero-order valence-electron chi connectivity index (χ0n) is 6.78. The molecule has 0 radical (unpaired) electrons. The Bertz CT molecular complexity index is 358. The molecule has 2 atom stereocenters. The van der Waals surface area contributed by atoms with Crippen molar-refractivity contribution in [1.82, 2.24) is 5.32 Å². The Kier molecular flexibility index (Phi) is 1.35. The van der Waals surface area contributed by atoms with Crippen molar-refractivity contribution in [3.05, 3.63) is 23.9 Å². The van der Waals surface area contributed by atoms with E-state index in [0.29, 0.717) is 0 Å². The van der Waals surface area contributed by atoms with E-state index >= 15 is 0 Å². The highest BCUT2D eigenvalue weighted by molar-refractivity contribution is 6.12. The fraction of sp³-hybridized carbons (Fsp3) is 0.250. The molecular weight excluding hydrogens is 170 g/mol. The number of amides is 2. The van der Waals surface area contributed by atoms with Crippen molar-refractivity contribution in [3.8, 4) is 0 Å². The minimum atomic E-state index is -1.37. The number of fused-ring (bicyclic) bond motifs is 1. The Morgan fingerprint density at radius 3 is 2.77 bits per heavy atom. The van der Waals surface area contributed by atoms with Gasteiger partial charge < -0.3 is 11.5 Å². The van der Waals surface area contributed by atoms with Gasteiger partial charge in [0, 0.05) is 5.70 Å². The van der Waals surface area contributed by atoms with Crippen molar-refractivity contribution in [1.29, 1.82) is 0 Å². The summed E-state index contributed by atoms with van der Waals surface area (Å²) in [6, 6.07) is 0. The van der Waals surface area contributed by atoms with Gasteiger partial charge in [0.15, 0.2) is 5.54 Å². The molecule has 0 aromatic carbocycles. The van der Waals surface area contributed by atoms with Crippen molar-refractivity contribution >= 4 is 11.8 Å². The molecule has 13 heavy (non-hydrogen) atoms. The molecule has 68 valence electrons. The van der Waals surface area contributed by atoms with Crippen molar-refractivity contribution < 1.29 is 9.59 Å². The lowest BCUT2D eigenvalue weighted by Crippen LogP contribution is -2.55. The van der Waals surface area contributed by atoms with Crippen LogP contribution in [-0.2, 0) is 9.59 Å². The van der Waals surface area contributed by atoms with Crippen LogP contribution in [0.1, 0.15) is 0 Å². The molecule has 5 heteroatoms. The van der Waals surface area contributed by atoms with Crippen LogP contribution in [0.15, 0.2) is 23.9 Å². The molecule has 1 saturated heterocycles. The molecule has 0 aromatic heterocycles. The zero-order valence-corrected chi connectivity index (χ0v) is 6.78. The SMILES string of the molecule is NC1=CC=CC2C(=O)NC(=O)C12N. The average Bonchev–Trinajstić information content (AvgIpc) is 2.29. The summed E-state index contributed by atoms with van der Waals surface area (Å²) in [6.45, 7) is 0. The lowest BCUT2D eigenvalue weighted by molar-refractivity contribution is -0.126. The topological polar surface area (TPSA) is 98.2 Å². The molecule has 0 saturated carbocycles. The van der Waals surface area contributed by atoms with E-state index in [1.807, 2.05) is 0 Å². The first-order chi connectivity index (χ1) is 6.06. The van der Waals surface area contributed by atoms with Crippen molar-refractivity contribution in [2.45, 2.75) is 5.54 Å². The predicted octanol–water partition coefficient (Wildman–Crippen LogP) is -1.63. The van der Waals surface area contributed by atoms with E-state index in [2.05, 4.69) is 5.32 Å². The fourth-order valence-corrected chi connectivity index (χ4v) is 1.60. The van der Waals surface area contributed by atoms with Crippen LogP contribution in [0, 0.1) is 5.92 Å². The second-order valence-corrected chi connectivity index (χ2v) is 3.17. The summed E-state index contributed by atoms with van der Waals surface area (Å²) in [6.07, 6.45) is 4.74. The molecule has 5 N–H and O–H groups in total. The highest BCUT2D eigenvalue weighted by atomic mass is 16.2. The van der Waals surface area contributed by atoms with Crippen molar-refractivity contribution in [3.63, 3.8) is 0 Å². The third-order valence-corrected chi connectivity index (χ3v) is 2.44. The summed E-state index contributed by atoms with van der Waals surface area (Å²) in [4.78, 5) is 22.6. The first-order valence-corrected chi connectivity index (χ1v) is 3.85. The second-order valence-electron chi connectivity index (χ2n) is 3.17. The van der Waals surface area contributed by atoms with E-state index in [0.717, 1.165) is 0 Å². The highest BCUT2D eigenvalue weighted by Gasteiger charge is 2.54. The average molecular weight is 179 g/mol. The number of allylic oxidation sites excluding steroid dienone is 2. The molecular formula is C8H9N3O2. The Hall–Kier alpha value is -1.62. The molecule has 1 aliphatic heterocycles. The van der Waals surface area contributed by atoms with Gasteiger partial charge >= 0.3 is 0 Å². The highest BCUT2D eigenvalue weighted by Crippen LogP contribution is 2.30. The number of hydrogen-bond donors (Lipinski definition) is 3. The summed E-state index contributed by atoms with van der Waals surface area (Å²) in [5.74, 6) is -1.58. The Balaban J connectivity index is 2.55. The summed E-state index contributed by atoms with van der Waals surface area (Å²) in [7, 11) is 0. The zero-order chi connectivity index (χ0) is 9.64. The molecule has 1 heterocycles. The van der Waals surface area contributed by atoms with Crippen LogP contribution in [0.5, 0.6) is 0 Å². The number of nitrogens with two attached hydrogens (primary N) is 2. The minimum absolute atomic E-state index is 0.225. The number of rotatable bonds is 0. The third-order valence-electron chi connectivity index (χ3n) is 2.44.